The minimum absolute atomic E-state index is 0.787. The molecule has 1 aromatic rings. The van der Waals surface area contributed by atoms with Crippen LogP contribution in [-0.2, 0) is 0 Å². The van der Waals surface area contributed by atoms with Gasteiger partial charge in [-0.15, -0.1) is 0 Å². The molecule has 10 heavy (non-hydrogen) atoms. The van der Waals surface area contributed by atoms with E-state index >= 15 is 0 Å². The average Bonchev–Trinajstić information content (AvgIpc) is 2.56. The Labute approximate surface area is 64.9 Å². The van der Waals surface area contributed by atoms with Crippen molar-refractivity contribution in [3.63, 3.8) is 0 Å². The Morgan fingerprint density at radius 1 is 1.70 bits per heavy atom. The molecule has 1 fully saturated rings. The zero-order valence-electron chi connectivity index (χ0n) is 5.79. The lowest BCUT2D eigenvalue weighted by atomic mass is 10.2. The quantitative estimate of drug-likeness (QED) is 0.689. The van der Waals surface area contributed by atoms with Gasteiger partial charge in [-0.05, 0) is 47.2 Å². The molecule has 1 aromatic heterocycles. The van der Waals surface area contributed by atoms with Crippen LogP contribution in [0.25, 0.3) is 0 Å². The fraction of sp³-hybridized carbons (Fsp3) is 0.500. The second kappa shape index (κ2) is 2.36. The first-order valence-corrected chi connectivity index (χ1v) is 4.58. The summed E-state index contributed by atoms with van der Waals surface area (Å²) in [5.41, 5.74) is 7.03. The van der Waals surface area contributed by atoms with Gasteiger partial charge in [-0.2, -0.15) is 11.3 Å². The van der Waals surface area contributed by atoms with Gasteiger partial charge in [0, 0.05) is 0 Å². The normalized spacial score (nSPS) is 30.5. The van der Waals surface area contributed by atoms with Crippen LogP contribution in [0.2, 0.25) is 0 Å². The molecule has 2 heteroatoms. The maximum atomic E-state index is 5.53. The van der Waals surface area contributed by atoms with Crippen molar-refractivity contribution in [3.05, 3.63) is 22.4 Å². The van der Waals surface area contributed by atoms with Crippen molar-refractivity contribution in [1.82, 2.24) is 0 Å². The summed E-state index contributed by atoms with van der Waals surface area (Å²) in [4.78, 5) is 0. The highest BCUT2D eigenvalue weighted by Crippen LogP contribution is 2.47. The van der Waals surface area contributed by atoms with E-state index in [4.69, 9.17) is 5.73 Å². The monoisotopic (exact) mass is 153 g/mol. The zero-order chi connectivity index (χ0) is 6.97. The molecule has 0 amide bonds. The van der Waals surface area contributed by atoms with E-state index < -0.39 is 0 Å². The van der Waals surface area contributed by atoms with E-state index in [-0.39, 0.29) is 0 Å². The molecule has 0 unspecified atom stereocenters. The molecule has 1 aliphatic rings. The zero-order valence-corrected chi connectivity index (χ0v) is 6.60. The van der Waals surface area contributed by atoms with Crippen molar-refractivity contribution < 1.29 is 0 Å². The van der Waals surface area contributed by atoms with Gasteiger partial charge < -0.3 is 5.73 Å². The lowest BCUT2D eigenvalue weighted by molar-refractivity contribution is 0.811. The van der Waals surface area contributed by atoms with Crippen molar-refractivity contribution in [2.24, 2.45) is 11.7 Å². The van der Waals surface area contributed by atoms with E-state index in [1.54, 1.807) is 11.3 Å². The highest BCUT2D eigenvalue weighted by molar-refractivity contribution is 7.08. The second-order valence-electron chi connectivity index (χ2n) is 2.89. The van der Waals surface area contributed by atoms with Crippen molar-refractivity contribution in [2.45, 2.75) is 12.3 Å². The summed E-state index contributed by atoms with van der Waals surface area (Å²) < 4.78 is 0. The minimum atomic E-state index is 0.787. The smallest absolute Gasteiger partial charge is 0.00428 e. The van der Waals surface area contributed by atoms with E-state index in [2.05, 4.69) is 16.8 Å². The van der Waals surface area contributed by atoms with Gasteiger partial charge in [-0.25, -0.2) is 0 Å². The van der Waals surface area contributed by atoms with Crippen LogP contribution < -0.4 is 5.73 Å². The first-order valence-electron chi connectivity index (χ1n) is 3.64. The predicted molar refractivity (Wildman–Crippen MR) is 44.2 cm³/mol. The summed E-state index contributed by atoms with van der Waals surface area (Å²) in [5.74, 6) is 1.59. The molecule has 0 radical (unpaired) electrons. The van der Waals surface area contributed by atoms with Gasteiger partial charge >= 0.3 is 0 Å². The fourth-order valence-corrected chi connectivity index (χ4v) is 2.13. The molecule has 0 saturated heterocycles. The second-order valence-corrected chi connectivity index (χ2v) is 3.67. The van der Waals surface area contributed by atoms with E-state index in [1.807, 2.05) is 0 Å². The molecule has 1 nitrogen and oxygen atoms in total. The Morgan fingerprint density at radius 2 is 2.60 bits per heavy atom. The SMILES string of the molecule is NC[C@@H]1C[C@@H]1c1ccsc1. The summed E-state index contributed by atoms with van der Waals surface area (Å²) in [7, 11) is 0. The molecule has 54 valence electrons. The first-order chi connectivity index (χ1) is 4.92. The van der Waals surface area contributed by atoms with Crippen LogP contribution in [0.5, 0.6) is 0 Å². The summed E-state index contributed by atoms with van der Waals surface area (Å²) in [6.45, 7) is 0.862. The van der Waals surface area contributed by atoms with Crippen LogP contribution in [0, 0.1) is 5.92 Å². The molecule has 1 aliphatic carbocycles. The van der Waals surface area contributed by atoms with Gasteiger partial charge in [0.25, 0.3) is 0 Å². The van der Waals surface area contributed by atoms with E-state index in [1.165, 1.54) is 12.0 Å². The summed E-state index contributed by atoms with van der Waals surface area (Å²) >= 11 is 1.78. The third-order valence-electron chi connectivity index (χ3n) is 2.20. The van der Waals surface area contributed by atoms with Gasteiger partial charge in [-0.3, -0.25) is 0 Å². The van der Waals surface area contributed by atoms with E-state index in [0.717, 1.165) is 18.4 Å². The summed E-state index contributed by atoms with van der Waals surface area (Å²) in [6.07, 6.45) is 1.31. The highest BCUT2D eigenvalue weighted by atomic mass is 32.1. The Balaban J connectivity index is 2.05. The maximum absolute atomic E-state index is 5.53. The molecule has 0 bridgehead atoms. The summed E-state index contributed by atoms with van der Waals surface area (Å²) in [5, 5.41) is 4.38. The van der Waals surface area contributed by atoms with Gasteiger partial charge in [0.15, 0.2) is 0 Å². The molecule has 1 heterocycles. The van der Waals surface area contributed by atoms with Crippen LogP contribution in [0.4, 0.5) is 0 Å². The van der Waals surface area contributed by atoms with Crippen molar-refractivity contribution in [2.75, 3.05) is 6.54 Å². The van der Waals surface area contributed by atoms with Crippen molar-refractivity contribution in [1.29, 1.82) is 0 Å². The van der Waals surface area contributed by atoms with Crippen LogP contribution >= 0.6 is 11.3 Å². The Morgan fingerprint density at radius 3 is 3.10 bits per heavy atom. The minimum Gasteiger partial charge on any atom is -0.330 e. The molecule has 2 N–H and O–H groups in total. The summed E-state index contributed by atoms with van der Waals surface area (Å²) in [6, 6.07) is 2.21. The van der Waals surface area contributed by atoms with Crippen LogP contribution in [0.15, 0.2) is 16.8 Å². The molecule has 0 aliphatic heterocycles. The molecule has 1 saturated carbocycles. The Kier molecular flexibility index (Phi) is 1.51. The molecule has 0 spiro atoms. The van der Waals surface area contributed by atoms with Gasteiger partial charge in [-0.1, -0.05) is 0 Å². The van der Waals surface area contributed by atoms with Crippen molar-refractivity contribution >= 4 is 11.3 Å². The van der Waals surface area contributed by atoms with Gasteiger partial charge in [0.1, 0.15) is 0 Å². The fourth-order valence-electron chi connectivity index (χ4n) is 1.40. The largest absolute Gasteiger partial charge is 0.330 e. The van der Waals surface area contributed by atoms with Gasteiger partial charge in [0.2, 0.25) is 0 Å². The van der Waals surface area contributed by atoms with E-state index in [0.29, 0.717) is 0 Å². The molecule has 2 rings (SSSR count). The lowest BCUT2D eigenvalue weighted by Crippen LogP contribution is -2.01. The topological polar surface area (TPSA) is 26.0 Å². The number of hydrogen-bond acceptors (Lipinski definition) is 2. The molecule has 0 aromatic carbocycles. The third kappa shape index (κ3) is 0.976. The van der Waals surface area contributed by atoms with Crippen LogP contribution in [0.1, 0.15) is 17.9 Å². The molecule has 2 atom stereocenters. The lowest BCUT2D eigenvalue weighted by Gasteiger charge is -1.90. The number of rotatable bonds is 2. The van der Waals surface area contributed by atoms with Crippen molar-refractivity contribution in [3.8, 4) is 0 Å². The third-order valence-corrected chi connectivity index (χ3v) is 2.90. The van der Waals surface area contributed by atoms with Gasteiger partial charge in [0.05, 0.1) is 0 Å². The number of thiophene rings is 1. The average molecular weight is 153 g/mol. The predicted octanol–water partition coefficient (Wildman–Crippen LogP) is 1.81. The maximum Gasteiger partial charge on any atom is -0.00428 e. The number of nitrogens with two attached hydrogens (primary N) is 1. The number of hydrogen-bond donors (Lipinski definition) is 1. The van der Waals surface area contributed by atoms with E-state index in [9.17, 15) is 0 Å². The Bertz CT molecular complexity index is 205. The molecular formula is C8H11NS. The standard InChI is InChI=1S/C8H11NS/c9-4-7-3-8(7)6-1-2-10-5-6/h1-2,5,7-8H,3-4,9H2/t7-,8+/m0/s1. The van der Waals surface area contributed by atoms with Crippen LogP contribution in [-0.4, -0.2) is 6.54 Å². The highest BCUT2D eigenvalue weighted by Gasteiger charge is 2.36. The van der Waals surface area contributed by atoms with Crippen LogP contribution in [0.3, 0.4) is 0 Å². The Hall–Kier alpha value is -0.340. The molecular weight excluding hydrogens is 142 g/mol. The first kappa shape index (κ1) is 6.38.